The lowest BCUT2D eigenvalue weighted by Crippen LogP contribution is -2.24. The molecule has 0 heterocycles. The van der Waals surface area contributed by atoms with E-state index >= 15 is 0 Å². The van der Waals surface area contributed by atoms with Gasteiger partial charge in [-0.05, 0) is 13.8 Å². The van der Waals surface area contributed by atoms with Gasteiger partial charge in [0.15, 0.2) is 0 Å². The molecule has 1 atom stereocenters. The molecule has 0 aliphatic heterocycles. The van der Waals surface area contributed by atoms with Crippen molar-refractivity contribution in [1.82, 2.24) is 0 Å². The monoisotopic (exact) mass is 123 g/mol. The summed E-state index contributed by atoms with van der Waals surface area (Å²) in [5.74, 6) is -2.60. The van der Waals surface area contributed by atoms with Crippen LogP contribution in [0.5, 0.6) is 0 Å². The van der Waals surface area contributed by atoms with Gasteiger partial charge in [-0.15, -0.1) is 0 Å². The molecule has 0 fully saturated rings. The molecule has 0 aromatic heterocycles. The Kier molecular flexibility index (Phi) is 2.34. The van der Waals surface area contributed by atoms with Crippen molar-refractivity contribution in [3.05, 3.63) is 0 Å². The van der Waals surface area contributed by atoms with Gasteiger partial charge in [0.05, 0.1) is 0 Å². The summed E-state index contributed by atoms with van der Waals surface area (Å²) in [7, 11) is 0. The third-order valence-electron chi connectivity index (χ3n) is 0.680. The number of hydrogen-bond acceptors (Lipinski definition) is 1. The van der Waals surface area contributed by atoms with Crippen LogP contribution < -0.4 is 5.73 Å². The van der Waals surface area contributed by atoms with E-state index in [2.05, 4.69) is 0 Å². The van der Waals surface area contributed by atoms with Crippen LogP contribution in [0.25, 0.3) is 0 Å². The van der Waals surface area contributed by atoms with Gasteiger partial charge in [-0.2, -0.15) is 0 Å². The van der Waals surface area contributed by atoms with Crippen LogP contribution in [0.1, 0.15) is 20.3 Å². The van der Waals surface area contributed by atoms with Crippen molar-refractivity contribution in [3.8, 4) is 0 Å². The molecule has 0 spiro atoms. The van der Waals surface area contributed by atoms with Gasteiger partial charge in [0, 0.05) is 12.5 Å². The van der Waals surface area contributed by atoms with Gasteiger partial charge in [0.2, 0.25) is 5.92 Å². The minimum Gasteiger partial charge on any atom is -0.328 e. The molecule has 0 saturated heterocycles. The number of alkyl halides is 2. The van der Waals surface area contributed by atoms with E-state index in [1.807, 2.05) is 0 Å². The first kappa shape index (κ1) is 7.82. The van der Waals surface area contributed by atoms with Gasteiger partial charge >= 0.3 is 0 Å². The molecule has 0 amide bonds. The molecule has 0 unspecified atom stereocenters. The van der Waals surface area contributed by atoms with Crippen LogP contribution in [0, 0.1) is 0 Å². The molecule has 3 heteroatoms. The molecule has 0 aromatic carbocycles. The number of nitrogens with two attached hydrogens (primary N) is 1. The van der Waals surface area contributed by atoms with E-state index in [1.165, 1.54) is 0 Å². The van der Waals surface area contributed by atoms with E-state index in [0.29, 0.717) is 0 Å². The standard InChI is InChI=1S/C5H11F2N/c1-4(8)3-5(2,6)7/h4H,3,8H2,1-2H3/t4-/m1/s1. The van der Waals surface area contributed by atoms with Crippen molar-refractivity contribution in [2.75, 3.05) is 0 Å². The third-order valence-corrected chi connectivity index (χ3v) is 0.680. The molecular formula is C5H11F2N. The van der Waals surface area contributed by atoms with E-state index in [1.54, 1.807) is 6.92 Å². The van der Waals surface area contributed by atoms with E-state index in [0.717, 1.165) is 6.92 Å². The lowest BCUT2D eigenvalue weighted by molar-refractivity contribution is 0.00801. The van der Waals surface area contributed by atoms with Crippen molar-refractivity contribution < 1.29 is 8.78 Å². The summed E-state index contributed by atoms with van der Waals surface area (Å²) in [5, 5.41) is 0. The van der Waals surface area contributed by atoms with Crippen LogP contribution in [-0.4, -0.2) is 12.0 Å². The molecule has 0 aliphatic rings. The smallest absolute Gasteiger partial charge is 0.246 e. The predicted molar refractivity (Wildman–Crippen MR) is 28.9 cm³/mol. The van der Waals surface area contributed by atoms with E-state index in [-0.39, 0.29) is 6.42 Å². The zero-order chi connectivity index (χ0) is 6.78. The SMILES string of the molecule is C[C@@H](N)CC(C)(F)F. The Hall–Kier alpha value is -0.180. The third kappa shape index (κ3) is 5.82. The van der Waals surface area contributed by atoms with Crippen LogP contribution in [0.4, 0.5) is 8.78 Å². The first-order chi connectivity index (χ1) is 3.42. The van der Waals surface area contributed by atoms with Crippen molar-refractivity contribution in [2.45, 2.75) is 32.2 Å². The minimum absolute atomic E-state index is 0.229. The molecule has 50 valence electrons. The zero-order valence-corrected chi connectivity index (χ0v) is 5.12. The molecule has 0 bridgehead atoms. The van der Waals surface area contributed by atoms with Gasteiger partial charge in [-0.3, -0.25) is 0 Å². The summed E-state index contributed by atoms with van der Waals surface area (Å²) in [4.78, 5) is 0. The second kappa shape index (κ2) is 2.40. The van der Waals surface area contributed by atoms with Crippen LogP contribution >= 0.6 is 0 Å². The average molecular weight is 123 g/mol. The summed E-state index contributed by atoms with van der Waals surface area (Å²) in [6.45, 7) is 2.44. The molecule has 0 radical (unpaired) electrons. The normalized spacial score (nSPS) is 16.1. The Morgan fingerprint density at radius 1 is 1.62 bits per heavy atom. The summed E-state index contributed by atoms with van der Waals surface area (Å²) < 4.78 is 23.8. The van der Waals surface area contributed by atoms with Crippen molar-refractivity contribution in [2.24, 2.45) is 5.73 Å². The first-order valence-electron chi connectivity index (χ1n) is 2.55. The van der Waals surface area contributed by atoms with Gasteiger partial charge < -0.3 is 5.73 Å². The summed E-state index contributed by atoms with van der Waals surface area (Å²) in [6.07, 6.45) is -0.229. The van der Waals surface area contributed by atoms with Gasteiger partial charge in [0.25, 0.3) is 0 Å². The quantitative estimate of drug-likeness (QED) is 0.589. The fourth-order valence-corrected chi connectivity index (χ4v) is 0.565. The highest BCUT2D eigenvalue weighted by Gasteiger charge is 2.22. The molecular weight excluding hydrogens is 112 g/mol. The predicted octanol–water partition coefficient (Wildman–Crippen LogP) is 1.38. The van der Waals surface area contributed by atoms with E-state index in [4.69, 9.17) is 5.73 Å². The number of hydrogen-bond donors (Lipinski definition) is 1. The van der Waals surface area contributed by atoms with E-state index < -0.39 is 12.0 Å². The molecule has 0 rings (SSSR count). The second-order valence-corrected chi connectivity index (χ2v) is 2.25. The maximum atomic E-state index is 11.9. The lowest BCUT2D eigenvalue weighted by atomic mass is 10.2. The maximum Gasteiger partial charge on any atom is 0.246 e. The molecule has 8 heavy (non-hydrogen) atoms. The van der Waals surface area contributed by atoms with Gasteiger partial charge in [-0.25, -0.2) is 8.78 Å². The first-order valence-corrected chi connectivity index (χ1v) is 2.55. The highest BCUT2D eigenvalue weighted by molar-refractivity contribution is 4.64. The Morgan fingerprint density at radius 2 is 2.00 bits per heavy atom. The molecule has 1 nitrogen and oxygen atoms in total. The Bertz CT molecular complexity index is 65.3. The topological polar surface area (TPSA) is 26.0 Å². The Morgan fingerprint density at radius 3 is 2.00 bits per heavy atom. The molecule has 0 saturated carbocycles. The van der Waals surface area contributed by atoms with Crippen molar-refractivity contribution >= 4 is 0 Å². The molecule has 0 aromatic rings. The molecule has 0 aliphatic carbocycles. The highest BCUT2D eigenvalue weighted by atomic mass is 19.3. The largest absolute Gasteiger partial charge is 0.328 e. The zero-order valence-electron chi connectivity index (χ0n) is 5.12. The maximum absolute atomic E-state index is 11.9. The van der Waals surface area contributed by atoms with Gasteiger partial charge in [-0.1, -0.05) is 0 Å². The fraction of sp³-hybridized carbons (Fsp3) is 1.00. The number of rotatable bonds is 2. The van der Waals surface area contributed by atoms with Gasteiger partial charge in [0.1, 0.15) is 0 Å². The summed E-state index contributed by atoms with van der Waals surface area (Å²) in [6, 6.07) is -0.407. The second-order valence-electron chi connectivity index (χ2n) is 2.25. The molecule has 2 N–H and O–H groups in total. The Balaban J connectivity index is 3.39. The van der Waals surface area contributed by atoms with Crippen LogP contribution in [0.2, 0.25) is 0 Å². The van der Waals surface area contributed by atoms with Crippen molar-refractivity contribution in [3.63, 3.8) is 0 Å². The summed E-state index contributed by atoms with van der Waals surface area (Å²) >= 11 is 0. The fourth-order valence-electron chi connectivity index (χ4n) is 0.565. The number of halogens is 2. The Labute approximate surface area is 47.9 Å². The van der Waals surface area contributed by atoms with E-state index in [9.17, 15) is 8.78 Å². The minimum atomic E-state index is -2.60. The van der Waals surface area contributed by atoms with Crippen molar-refractivity contribution in [1.29, 1.82) is 0 Å². The van der Waals surface area contributed by atoms with Crippen LogP contribution in [0.3, 0.4) is 0 Å². The average Bonchev–Trinajstić information content (AvgIpc) is 1.21. The summed E-state index contributed by atoms with van der Waals surface area (Å²) in [5.41, 5.74) is 5.10. The van der Waals surface area contributed by atoms with Crippen LogP contribution in [0.15, 0.2) is 0 Å². The highest BCUT2D eigenvalue weighted by Crippen LogP contribution is 2.17. The lowest BCUT2D eigenvalue weighted by Gasteiger charge is -2.11. The van der Waals surface area contributed by atoms with Crippen LogP contribution in [-0.2, 0) is 0 Å².